The van der Waals surface area contributed by atoms with Crippen molar-refractivity contribution in [3.05, 3.63) is 0 Å². The summed E-state index contributed by atoms with van der Waals surface area (Å²) >= 11 is 0. The average Bonchev–Trinajstić information content (AvgIpc) is 2.76. The van der Waals surface area contributed by atoms with Crippen LogP contribution in [0.15, 0.2) is 4.99 Å². The lowest BCUT2D eigenvalue weighted by atomic mass is 10.0. The van der Waals surface area contributed by atoms with Crippen LogP contribution in [0.3, 0.4) is 0 Å². The first-order valence-corrected chi connectivity index (χ1v) is 11.6. The molecule has 0 aromatic carbocycles. The molecule has 0 spiro atoms. The number of guanidine groups is 1. The van der Waals surface area contributed by atoms with E-state index < -0.39 is 54.0 Å². The second kappa shape index (κ2) is 16.6. The Morgan fingerprint density at radius 3 is 1.94 bits per heavy atom. The molecular weight excluding hydrogens is 460 g/mol. The maximum atomic E-state index is 13.0. The van der Waals surface area contributed by atoms with Gasteiger partial charge in [-0.3, -0.25) is 19.4 Å². The number of rotatable bonds is 17. The number of carboxylic acid groups (broad SMARTS) is 1. The van der Waals surface area contributed by atoms with Gasteiger partial charge in [-0.2, -0.15) is 0 Å². The van der Waals surface area contributed by atoms with Crippen LogP contribution < -0.4 is 38.9 Å². The molecule has 5 unspecified atom stereocenters. The van der Waals surface area contributed by atoms with Crippen molar-refractivity contribution in [3.63, 3.8) is 0 Å². The van der Waals surface area contributed by atoms with Crippen LogP contribution in [0.1, 0.15) is 52.9 Å². The number of nitrogens with zero attached hydrogens (tertiary/aromatic N) is 1. The molecule has 0 bridgehead atoms. The summed E-state index contributed by atoms with van der Waals surface area (Å²) in [5, 5.41) is 26.3. The molecule has 0 rings (SSSR count). The Kier molecular flexibility index (Phi) is 15.2. The van der Waals surface area contributed by atoms with Gasteiger partial charge in [-0.1, -0.05) is 13.8 Å². The summed E-state index contributed by atoms with van der Waals surface area (Å²) in [5.41, 5.74) is 21.9. The fourth-order valence-electron chi connectivity index (χ4n) is 3.11. The number of aliphatic hydroxyl groups is 1. The number of aliphatic hydroxyl groups excluding tert-OH is 1. The molecule has 0 aliphatic carbocycles. The van der Waals surface area contributed by atoms with Crippen molar-refractivity contribution in [3.8, 4) is 0 Å². The van der Waals surface area contributed by atoms with Gasteiger partial charge in [0.2, 0.25) is 17.7 Å². The monoisotopic (exact) mass is 502 g/mol. The fraction of sp³-hybridized carbons (Fsp3) is 0.762. The van der Waals surface area contributed by atoms with E-state index in [0.29, 0.717) is 32.4 Å². The van der Waals surface area contributed by atoms with Crippen LogP contribution in [0.5, 0.6) is 0 Å². The summed E-state index contributed by atoms with van der Waals surface area (Å²) in [6, 6.07) is -4.54. The summed E-state index contributed by atoms with van der Waals surface area (Å²) in [5.74, 6) is -3.77. The van der Waals surface area contributed by atoms with Crippen LogP contribution in [0.25, 0.3) is 0 Å². The Morgan fingerprint density at radius 2 is 1.46 bits per heavy atom. The Balaban J connectivity index is 5.32. The van der Waals surface area contributed by atoms with E-state index in [2.05, 4.69) is 20.9 Å². The van der Waals surface area contributed by atoms with Crippen LogP contribution in [0, 0.1) is 5.92 Å². The lowest BCUT2D eigenvalue weighted by Crippen LogP contribution is -2.59. The van der Waals surface area contributed by atoms with Gasteiger partial charge in [0, 0.05) is 6.54 Å². The van der Waals surface area contributed by atoms with Gasteiger partial charge in [0.1, 0.15) is 12.1 Å². The number of nitrogens with two attached hydrogens (primary N) is 4. The van der Waals surface area contributed by atoms with Crippen LogP contribution in [0.4, 0.5) is 0 Å². The van der Waals surface area contributed by atoms with Gasteiger partial charge >= 0.3 is 5.97 Å². The van der Waals surface area contributed by atoms with E-state index >= 15 is 0 Å². The number of hydrogen-bond acceptors (Lipinski definition) is 8. The second-order valence-corrected chi connectivity index (χ2v) is 8.70. The summed E-state index contributed by atoms with van der Waals surface area (Å²) in [6.07, 6.45) is 0.646. The SMILES string of the molecule is CC(C)C(NC(=O)C(N)CCCN=C(N)N)C(=O)NC(CCCCN)C(=O)NC(C(=O)O)C(C)O. The lowest BCUT2D eigenvalue weighted by Gasteiger charge is -2.27. The molecule has 35 heavy (non-hydrogen) atoms. The van der Waals surface area contributed by atoms with Gasteiger partial charge in [-0.05, 0) is 51.5 Å². The topological polar surface area (TPSA) is 261 Å². The van der Waals surface area contributed by atoms with Gasteiger partial charge in [0.05, 0.1) is 12.1 Å². The molecular formula is C21H42N8O6. The summed E-state index contributed by atoms with van der Waals surface area (Å²) in [6.45, 7) is 5.34. The van der Waals surface area contributed by atoms with E-state index in [1.54, 1.807) is 13.8 Å². The van der Waals surface area contributed by atoms with Crippen LogP contribution >= 0.6 is 0 Å². The number of hydrogen-bond donors (Lipinski definition) is 9. The predicted octanol–water partition coefficient (Wildman–Crippen LogP) is -2.93. The van der Waals surface area contributed by atoms with Crippen molar-refractivity contribution in [1.29, 1.82) is 0 Å². The second-order valence-electron chi connectivity index (χ2n) is 8.70. The summed E-state index contributed by atoms with van der Waals surface area (Å²) in [4.78, 5) is 53.4. The van der Waals surface area contributed by atoms with Crippen LogP contribution in [-0.2, 0) is 19.2 Å². The molecule has 0 aromatic heterocycles. The maximum Gasteiger partial charge on any atom is 0.328 e. The van der Waals surface area contributed by atoms with Gasteiger partial charge in [0.25, 0.3) is 0 Å². The van der Waals surface area contributed by atoms with E-state index in [4.69, 9.17) is 22.9 Å². The minimum atomic E-state index is -1.55. The number of carboxylic acids is 1. The highest BCUT2D eigenvalue weighted by Crippen LogP contribution is 2.08. The molecule has 202 valence electrons. The number of aliphatic imine (C=N–C) groups is 1. The standard InChI is InChI=1S/C21H42N8O6/c1-11(2)15(28-17(31)13(23)7-6-10-26-21(24)25)19(33)27-14(8-4-5-9-22)18(32)29-16(12(3)30)20(34)35/h11-16,30H,4-10,22-23H2,1-3H3,(H,27,33)(H,28,31)(H,29,32)(H,34,35)(H4,24,25,26). The minimum absolute atomic E-state index is 0.0623. The van der Waals surface area contributed by atoms with Crippen molar-refractivity contribution in [1.82, 2.24) is 16.0 Å². The van der Waals surface area contributed by atoms with E-state index in [-0.39, 0.29) is 24.7 Å². The number of carbonyl (C=O) groups excluding carboxylic acids is 3. The minimum Gasteiger partial charge on any atom is -0.480 e. The molecule has 14 nitrogen and oxygen atoms in total. The molecule has 0 saturated carbocycles. The largest absolute Gasteiger partial charge is 0.480 e. The average molecular weight is 503 g/mol. The van der Waals surface area contributed by atoms with Gasteiger partial charge in [-0.25, -0.2) is 4.79 Å². The zero-order valence-electron chi connectivity index (χ0n) is 20.7. The molecule has 0 fully saturated rings. The molecule has 0 heterocycles. The Morgan fingerprint density at radius 1 is 0.857 bits per heavy atom. The van der Waals surface area contributed by atoms with E-state index in [0.717, 1.165) is 0 Å². The molecule has 14 heteroatoms. The highest BCUT2D eigenvalue weighted by atomic mass is 16.4. The number of aliphatic carboxylic acids is 1. The van der Waals surface area contributed by atoms with E-state index in [1.807, 2.05) is 0 Å². The third kappa shape index (κ3) is 12.9. The molecule has 0 radical (unpaired) electrons. The van der Waals surface area contributed by atoms with Gasteiger partial charge < -0.3 is 49.1 Å². The van der Waals surface area contributed by atoms with Crippen molar-refractivity contribution >= 4 is 29.7 Å². The van der Waals surface area contributed by atoms with Crippen molar-refractivity contribution in [2.45, 2.75) is 83.1 Å². The van der Waals surface area contributed by atoms with Gasteiger partial charge in [-0.15, -0.1) is 0 Å². The highest BCUT2D eigenvalue weighted by molar-refractivity contribution is 5.94. The van der Waals surface area contributed by atoms with Crippen molar-refractivity contribution in [2.24, 2.45) is 33.8 Å². The molecule has 0 aliphatic heterocycles. The number of unbranched alkanes of at least 4 members (excludes halogenated alkanes) is 1. The van der Waals surface area contributed by atoms with Crippen molar-refractivity contribution in [2.75, 3.05) is 13.1 Å². The summed E-state index contributed by atoms with van der Waals surface area (Å²) < 4.78 is 0. The summed E-state index contributed by atoms with van der Waals surface area (Å²) in [7, 11) is 0. The molecule has 0 aromatic rings. The molecule has 5 atom stereocenters. The molecule has 0 aliphatic rings. The molecule has 3 amide bonds. The first-order chi connectivity index (χ1) is 16.3. The lowest BCUT2D eigenvalue weighted by molar-refractivity contribution is -0.145. The van der Waals surface area contributed by atoms with Gasteiger partial charge in [0.15, 0.2) is 12.0 Å². The Hall–Kier alpha value is -2.97. The smallest absolute Gasteiger partial charge is 0.328 e. The predicted molar refractivity (Wildman–Crippen MR) is 131 cm³/mol. The van der Waals surface area contributed by atoms with Crippen LogP contribution in [0.2, 0.25) is 0 Å². The number of nitrogens with one attached hydrogen (secondary N) is 3. The third-order valence-corrected chi connectivity index (χ3v) is 5.18. The van der Waals surface area contributed by atoms with Crippen LogP contribution in [-0.4, -0.2) is 83.2 Å². The number of amides is 3. The first-order valence-electron chi connectivity index (χ1n) is 11.6. The van der Waals surface area contributed by atoms with Crippen molar-refractivity contribution < 1.29 is 29.4 Å². The Labute approximate surface area is 205 Å². The molecule has 13 N–H and O–H groups in total. The highest BCUT2D eigenvalue weighted by Gasteiger charge is 2.32. The normalized spacial score (nSPS) is 15.3. The zero-order chi connectivity index (χ0) is 27.1. The third-order valence-electron chi connectivity index (χ3n) is 5.18. The molecule has 0 saturated heterocycles. The fourth-order valence-corrected chi connectivity index (χ4v) is 3.11. The van der Waals surface area contributed by atoms with E-state index in [1.165, 1.54) is 6.92 Å². The maximum absolute atomic E-state index is 13.0. The van der Waals surface area contributed by atoms with E-state index in [9.17, 15) is 29.4 Å². The zero-order valence-corrected chi connectivity index (χ0v) is 20.7. The Bertz CT molecular complexity index is 727. The quantitative estimate of drug-likeness (QED) is 0.0555. The first kappa shape index (κ1) is 32.0. The number of carbonyl (C=O) groups is 4.